The molecule has 0 fully saturated rings. The molecule has 2 aromatic heterocycles. The van der Waals surface area contributed by atoms with Crippen LogP contribution >= 0.6 is 11.8 Å². The van der Waals surface area contributed by atoms with Crippen molar-refractivity contribution in [3.05, 3.63) is 35.0 Å². The fraction of sp³-hybridized carbons (Fsp3) is 0.412. The van der Waals surface area contributed by atoms with Crippen LogP contribution < -0.4 is 15.2 Å². The Morgan fingerprint density at radius 1 is 1.12 bits per heavy atom. The lowest BCUT2D eigenvalue weighted by atomic mass is 10.1. The van der Waals surface area contributed by atoms with Gasteiger partial charge >= 0.3 is 5.69 Å². The highest BCUT2D eigenvalue weighted by Crippen LogP contribution is 2.32. The third-order valence-electron chi connectivity index (χ3n) is 3.98. The molecule has 0 aliphatic rings. The molecule has 7 nitrogen and oxygen atoms in total. The Bertz CT molecular complexity index is 978. The van der Waals surface area contributed by atoms with Crippen molar-refractivity contribution in [3.63, 3.8) is 0 Å². The molecule has 8 heteroatoms. The van der Waals surface area contributed by atoms with Gasteiger partial charge in [-0.2, -0.15) is 5.10 Å². The van der Waals surface area contributed by atoms with Crippen LogP contribution in [0.1, 0.15) is 20.8 Å². The maximum absolute atomic E-state index is 12.8. The molecular weight excluding hydrogens is 340 g/mol. The highest BCUT2D eigenvalue weighted by Gasteiger charge is 2.26. The molecule has 3 rings (SSSR count). The van der Waals surface area contributed by atoms with E-state index in [1.807, 2.05) is 45.2 Å². The van der Waals surface area contributed by atoms with Crippen molar-refractivity contribution in [2.24, 2.45) is 0 Å². The second-order valence-electron chi connectivity index (χ2n) is 6.57. The van der Waals surface area contributed by atoms with Crippen molar-refractivity contribution in [1.82, 2.24) is 18.7 Å². The minimum atomic E-state index is -0.329. The predicted molar refractivity (Wildman–Crippen MR) is 98.7 cm³/mol. The fourth-order valence-electron chi connectivity index (χ4n) is 2.86. The van der Waals surface area contributed by atoms with E-state index in [-0.39, 0.29) is 11.2 Å². The molecule has 2 heterocycles. The number of hydrogen-bond donors (Lipinski definition) is 0. The van der Waals surface area contributed by atoms with Crippen molar-refractivity contribution in [1.29, 1.82) is 0 Å². The zero-order valence-corrected chi connectivity index (χ0v) is 16.0. The molecule has 0 aliphatic heterocycles. The van der Waals surface area contributed by atoms with E-state index in [1.165, 1.54) is 11.8 Å². The summed E-state index contributed by atoms with van der Waals surface area (Å²) in [4.78, 5) is 12.8. The van der Waals surface area contributed by atoms with Gasteiger partial charge < -0.3 is 9.47 Å². The molecule has 134 valence electrons. The summed E-state index contributed by atoms with van der Waals surface area (Å²) in [6.07, 6.45) is 3.51. The molecule has 0 radical (unpaired) electrons. The van der Waals surface area contributed by atoms with Gasteiger partial charge in [0.25, 0.3) is 0 Å². The molecule has 25 heavy (non-hydrogen) atoms. The lowest BCUT2D eigenvalue weighted by Gasteiger charge is -2.21. The van der Waals surface area contributed by atoms with Crippen molar-refractivity contribution < 1.29 is 9.47 Å². The van der Waals surface area contributed by atoms with E-state index in [0.717, 1.165) is 16.4 Å². The van der Waals surface area contributed by atoms with Crippen LogP contribution in [0.15, 0.2) is 34.3 Å². The van der Waals surface area contributed by atoms with E-state index in [4.69, 9.17) is 9.47 Å². The van der Waals surface area contributed by atoms with Crippen molar-refractivity contribution in [3.8, 4) is 17.2 Å². The van der Waals surface area contributed by atoms with Gasteiger partial charge in [-0.15, -0.1) is 11.8 Å². The first-order chi connectivity index (χ1) is 11.8. The summed E-state index contributed by atoms with van der Waals surface area (Å²) in [5.41, 5.74) is 1.10. The zero-order chi connectivity index (χ0) is 18.4. The summed E-state index contributed by atoms with van der Waals surface area (Å²) in [6.45, 7) is 6.05. The number of nitrogens with zero attached hydrogens (tertiary/aromatic N) is 4. The van der Waals surface area contributed by atoms with Gasteiger partial charge in [-0.05, 0) is 39.2 Å². The molecular formula is C17H22N4O3S. The molecule has 0 N–H and O–H groups in total. The first-order valence-electron chi connectivity index (χ1n) is 7.81. The molecule has 0 aliphatic carbocycles. The third-order valence-corrected chi connectivity index (χ3v) is 4.73. The average Bonchev–Trinajstić information content (AvgIpc) is 3.12. The molecule has 3 aromatic rings. The number of rotatable bonds is 4. The summed E-state index contributed by atoms with van der Waals surface area (Å²) >= 11 is 1.53. The first-order valence-corrected chi connectivity index (χ1v) is 9.04. The number of aromatic nitrogens is 4. The third kappa shape index (κ3) is 2.70. The lowest BCUT2D eigenvalue weighted by molar-refractivity contribution is 0.354. The van der Waals surface area contributed by atoms with E-state index in [2.05, 4.69) is 5.10 Å². The molecule has 0 atom stereocenters. The monoisotopic (exact) mass is 362 g/mol. The number of fused-ring (bicyclic) bond motifs is 1. The topological polar surface area (TPSA) is 62.7 Å². The van der Waals surface area contributed by atoms with Gasteiger partial charge in [0, 0.05) is 11.6 Å². The van der Waals surface area contributed by atoms with Crippen LogP contribution in [0.2, 0.25) is 0 Å². The lowest BCUT2D eigenvalue weighted by Crippen LogP contribution is -2.33. The van der Waals surface area contributed by atoms with Gasteiger partial charge in [0.2, 0.25) is 0 Å². The summed E-state index contributed by atoms with van der Waals surface area (Å²) in [7, 11) is 3.19. The Balaban J connectivity index is 2.31. The summed E-state index contributed by atoms with van der Waals surface area (Å²) in [5, 5.41) is 5.27. The molecule has 0 saturated carbocycles. The Labute approximate surface area is 150 Å². The Morgan fingerprint density at radius 2 is 1.80 bits per heavy atom. The van der Waals surface area contributed by atoms with Gasteiger partial charge in [0.15, 0.2) is 17.1 Å². The van der Waals surface area contributed by atoms with Crippen LogP contribution in [0.25, 0.3) is 11.3 Å². The quantitative estimate of drug-likeness (QED) is 0.668. The largest absolute Gasteiger partial charge is 0.493 e. The molecule has 0 bridgehead atoms. The maximum Gasteiger partial charge on any atom is 0.336 e. The zero-order valence-electron chi connectivity index (χ0n) is 15.2. The fourth-order valence-corrected chi connectivity index (χ4v) is 3.76. The number of imidazole rings is 1. The standard InChI is InChI=1S/C17H22N4O3S/c1-17(2,3)20-15(25-6)14-19(16(20)22)10-18-21(14)11-7-8-12(23-4)13(9-11)24-5/h7-10H,1-6H3. The van der Waals surface area contributed by atoms with Gasteiger partial charge in [0.05, 0.1) is 19.9 Å². The average molecular weight is 362 g/mol. The Morgan fingerprint density at radius 3 is 2.36 bits per heavy atom. The SMILES string of the molecule is COc1ccc(-n2ncn3c(=O)n(C(C)(C)C)c(SC)c23)cc1OC. The van der Waals surface area contributed by atoms with Crippen molar-refractivity contribution in [2.75, 3.05) is 20.5 Å². The smallest absolute Gasteiger partial charge is 0.336 e. The second kappa shape index (κ2) is 6.18. The van der Waals surface area contributed by atoms with E-state index in [1.54, 1.807) is 34.2 Å². The van der Waals surface area contributed by atoms with Crippen LogP contribution in [0.4, 0.5) is 0 Å². The summed E-state index contributed by atoms with van der Waals surface area (Å²) in [5.74, 6) is 1.25. The Hall–Kier alpha value is -2.35. The highest BCUT2D eigenvalue weighted by atomic mass is 32.2. The molecule has 0 amide bonds. The second-order valence-corrected chi connectivity index (χ2v) is 7.37. The number of ether oxygens (including phenoxy) is 2. The molecule has 1 aromatic carbocycles. The summed E-state index contributed by atoms with van der Waals surface area (Å²) in [6, 6.07) is 5.55. The van der Waals surface area contributed by atoms with E-state index in [9.17, 15) is 4.79 Å². The maximum atomic E-state index is 12.8. The Kier molecular flexibility index (Phi) is 4.32. The van der Waals surface area contributed by atoms with Crippen molar-refractivity contribution in [2.45, 2.75) is 31.3 Å². The van der Waals surface area contributed by atoms with Crippen LogP contribution in [0.3, 0.4) is 0 Å². The minimum absolute atomic E-state index is 0.0985. The number of benzene rings is 1. The predicted octanol–water partition coefficient (Wildman–Crippen LogP) is 2.78. The van der Waals surface area contributed by atoms with E-state index in [0.29, 0.717) is 11.5 Å². The van der Waals surface area contributed by atoms with Crippen molar-refractivity contribution >= 4 is 17.4 Å². The minimum Gasteiger partial charge on any atom is -0.493 e. The van der Waals surface area contributed by atoms with E-state index < -0.39 is 0 Å². The number of thioether (sulfide) groups is 1. The number of methoxy groups -OCH3 is 2. The number of hydrogen-bond acceptors (Lipinski definition) is 5. The van der Waals surface area contributed by atoms with Gasteiger partial charge in [-0.25, -0.2) is 13.9 Å². The van der Waals surface area contributed by atoms with Crippen LogP contribution in [-0.2, 0) is 5.54 Å². The normalized spacial score (nSPS) is 11.9. The molecule has 0 unspecified atom stereocenters. The van der Waals surface area contributed by atoms with Gasteiger partial charge in [-0.1, -0.05) is 0 Å². The molecule has 0 saturated heterocycles. The van der Waals surface area contributed by atoms with Gasteiger partial charge in [-0.3, -0.25) is 4.57 Å². The van der Waals surface area contributed by atoms with Gasteiger partial charge in [0.1, 0.15) is 11.4 Å². The van der Waals surface area contributed by atoms with Crippen LogP contribution in [0.5, 0.6) is 11.5 Å². The van der Waals surface area contributed by atoms with Crippen LogP contribution in [0, 0.1) is 0 Å². The van der Waals surface area contributed by atoms with E-state index >= 15 is 0 Å². The summed E-state index contributed by atoms with van der Waals surface area (Å²) < 4.78 is 15.8. The van der Waals surface area contributed by atoms with Crippen LogP contribution in [-0.4, -0.2) is 39.2 Å². The highest BCUT2D eigenvalue weighted by molar-refractivity contribution is 7.98. The first kappa shape index (κ1) is 17.5. The molecule has 0 spiro atoms.